The van der Waals surface area contributed by atoms with Crippen LogP contribution in [0.3, 0.4) is 0 Å². The van der Waals surface area contributed by atoms with Crippen LogP contribution in [0.4, 0.5) is 5.69 Å². The topological polar surface area (TPSA) is 165 Å². The van der Waals surface area contributed by atoms with Gasteiger partial charge in [0, 0.05) is 31.3 Å². The molecule has 4 atom stereocenters. The highest BCUT2D eigenvalue weighted by molar-refractivity contribution is 6.24. The molecule has 0 heterocycles. The molecule has 10 heteroatoms. The van der Waals surface area contributed by atoms with Crippen LogP contribution in [0.5, 0.6) is 5.75 Å². The number of likely N-dealkylation sites (N-methyl/N-ethyl adjacent to an activating group) is 1. The normalized spacial score (nSPS) is 26.6. The first-order valence-electron chi connectivity index (χ1n) is 13.6. The molecule has 1 unspecified atom stereocenters. The Hall–Kier alpha value is -3.37. The maximum Gasteiger partial charge on any atom is 0.255 e. The molecule has 6 N–H and O–H groups in total. The minimum absolute atomic E-state index is 0.0622. The highest BCUT2D eigenvalue weighted by Crippen LogP contribution is 2.54. The summed E-state index contributed by atoms with van der Waals surface area (Å²) in [6, 6.07) is 0.806. The summed E-state index contributed by atoms with van der Waals surface area (Å²) in [4.78, 5) is 42.8. The summed E-state index contributed by atoms with van der Waals surface area (Å²) in [6.07, 6.45) is 2.60. The lowest BCUT2D eigenvalue weighted by atomic mass is 9.57. The number of ketones is 2. The Kier molecular flexibility index (Phi) is 7.34. The van der Waals surface area contributed by atoms with Gasteiger partial charge in [0.15, 0.2) is 11.4 Å². The third kappa shape index (κ3) is 4.47. The van der Waals surface area contributed by atoms with E-state index in [1.165, 1.54) is 4.90 Å². The van der Waals surface area contributed by atoms with Crippen molar-refractivity contribution in [2.75, 3.05) is 33.1 Å². The third-order valence-corrected chi connectivity index (χ3v) is 8.63. The van der Waals surface area contributed by atoms with Gasteiger partial charge in [-0.25, -0.2) is 0 Å². The predicted molar refractivity (Wildman–Crippen MR) is 151 cm³/mol. The smallest absolute Gasteiger partial charge is 0.255 e. The Morgan fingerprint density at radius 3 is 2.27 bits per heavy atom. The first-order chi connectivity index (χ1) is 18.4. The lowest BCUT2D eigenvalue weighted by molar-refractivity contribution is -0.153. The number of hydrogen-bond acceptors (Lipinski definition) is 9. The number of aromatic hydroxyl groups is 1. The van der Waals surface area contributed by atoms with Crippen molar-refractivity contribution >= 4 is 28.9 Å². The van der Waals surface area contributed by atoms with Crippen LogP contribution >= 0.6 is 0 Å². The summed E-state index contributed by atoms with van der Waals surface area (Å²) >= 11 is 0. The number of aliphatic hydroxyl groups excluding tert-OH is 2. The number of carbonyl (C=O) groups excluding carboxylic acids is 3. The van der Waals surface area contributed by atoms with Crippen LogP contribution < -0.4 is 10.6 Å². The zero-order valence-corrected chi connectivity index (χ0v) is 24.3. The van der Waals surface area contributed by atoms with Crippen LogP contribution in [0.25, 0.3) is 5.76 Å². The first kappa shape index (κ1) is 29.6. The number of Topliss-reactive ketones (excluding diaryl/α,β-unsaturated/α-hetero) is 2. The van der Waals surface area contributed by atoms with Crippen LogP contribution in [-0.4, -0.2) is 82.6 Å². The average molecular weight is 556 g/mol. The number of carbonyl (C=O) groups is 3. The van der Waals surface area contributed by atoms with Gasteiger partial charge in [-0.3, -0.25) is 19.3 Å². The lowest BCUT2D eigenvalue weighted by Crippen LogP contribution is -2.65. The minimum Gasteiger partial charge on any atom is -0.508 e. The van der Waals surface area contributed by atoms with Crippen molar-refractivity contribution in [1.82, 2.24) is 4.90 Å². The highest BCUT2D eigenvalue weighted by atomic mass is 16.3. The molecule has 0 bridgehead atoms. The van der Waals surface area contributed by atoms with Crippen LogP contribution in [0, 0.1) is 17.3 Å². The largest absolute Gasteiger partial charge is 0.508 e. The fourth-order valence-electron chi connectivity index (χ4n) is 6.74. The van der Waals surface area contributed by atoms with Gasteiger partial charge >= 0.3 is 0 Å². The average Bonchev–Trinajstić information content (AvgIpc) is 2.81. The zero-order valence-electron chi connectivity index (χ0n) is 24.3. The van der Waals surface area contributed by atoms with Crippen molar-refractivity contribution in [2.45, 2.75) is 64.5 Å². The van der Waals surface area contributed by atoms with Crippen molar-refractivity contribution in [1.29, 1.82) is 0 Å². The second kappa shape index (κ2) is 9.92. The quantitative estimate of drug-likeness (QED) is 0.332. The van der Waals surface area contributed by atoms with Gasteiger partial charge in [-0.05, 0) is 74.7 Å². The predicted octanol–water partition coefficient (Wildman–Crippen LogP) is 2.40. The van der Waals surface area contributed by atoms with E-state index in [1.54, 1.807) is 14.1 Å². The molecular weight excluding hydrogens is 514 g/mol. The van der Waals surface area contributed by atoms with Crippen LogP contribution in [0.1, 0.15) is 56.7 Å². The molecule has 218 valence electrons. The number of fused-ring (bicyclic) bond motifs is 3. The van der Waals surface area contributed by atoms with Gasteiger partial charge in [0.25, 0.3) is 5.91 Å². The number of anilines is 1. The molecule has 1 aromatic rings. The Labute approximate surface area is 234 Å². The van der Waals surface area contributed by atoms with E-state index in [9.17, 15) is 34.8 Å². The molecule has 1 saturated carbocycles. The maximum atomic E-state index is 14.1. The number of rotatable bonds is 6. The van der Waals surface area contributed by atoms with Crippen LogP contribution in [0.15, 0.2) is 23.0 Å². The molecule has 3 aliphatic carbocycles. The van der Waals surface area contributed by atoms with Crippen molar-refractivity contribution in [3.05, 3.63) is 39.7 Å². The summed E-state index contributed by atoms with van der Waals surface area (Å²) in [5.74, 6) is -6.40. The van der Waals surface area contributed by atoms with Gasteiger partial charge in [0.2, 0.25) is 5.78 Å². The molecule has 1 aromatic carbocycles. The molecule has 0 spiro atoms. The summed E-state index contributed by atoms with van der Waals surface area (Å²) in [7, 11) is 6.89. The number of aryl methyl sites for hydroxylation is 1. The van der Waals surface area contributed by atoms with E-state index < -0.39 is 58.0 Å². The molecule has 1 amide bonds. The van der Waals surface area contributed by atoms with E-state index in [1.807, 2.05) is 25.1 Å². The van der Waals surface area contributed by atoms with Gasteiger partial charge < -0.3 is 31.1 Å². The number of phenolic OH excluding ortho intramolecular Hbond substituents is 1. The van der Waals surface area contributed by atoms with E-state index in [4.69, 9.17) is 5.73 Å². The number of hydrogen-bond donors (Lipinski definition) is 5. The summed E-state index contributed by atoms with van der Waals surface area (Å²) in [6.45, 7) is 6.42. The Bertz CT molecular complexity index is 1350. The molecule has 40 heavy (non-hydrogen) atoms. The molecule has 0 aliphatic heterocycles. The van der Waals surface area contributed by atoms with E-state index >= 15 is 0 Å². The number of amides is 1. The standard InChI is InChI=1S/C30H41N3O7/c1-29(2,3)10-8-9-14-13-18(32(4)5)16-11-15-12-17-22(33(6)7)25(36)21(28(31)39)27(38)30(17,40)26(37)19(15)24(35)20(16)23(14)34/h13,15,17,22,34-35,38,40H,8-12H2,1-7H3,(H2,31,39)/t15-,17-,22?,30-/m0/s1. The SMILES string of the molecule is CN(C)c1cc(CCCC(C)(C)C)c(O)c2c1C[C@H]1C[C@H]3C(N(C)C)C(=O)C(C(N)=O)=C(O)[C@@]3(O)C(=O)C1=C2O. The Morgan fingerprint density at radius 1 is 1.12 bits per heavy atom. The number of phenols is 1. The Morgan fingerprint density at radius 2 is 1.75 bits per heavy atom. The third-order valence-electron chi connectivity index (χ3n) is 8.63. The molecule has 4 rings (SSSR count). The number of primary amides is 1. The number of nitrogens with zero attached hydrogens (tertiary/aromatic N) is 2. The minimum atomic E-state index is -2.64. The monoisotopic (exact) mass is 555 g/mol. The van der Waals surface area contributed by atoms with E-state index in [-0.39, 0.29) is 35.1 Å². The van der Waals surface area contributed by atoms with Crippen LogP contribution in [0.2, 0.25) is 0 Å². The zero-order chi connectivity index (χ0) is 30.1. The number of aliphatic hydroxyl groups is 3. The summed E-state index contributed by atoms with van der Waals surface area (Å²) in [5.41, 5.74) is 4.11. The van der Waals surface area contributed by atoms with Crippen molar-refractivity contribution in [2.24, 2.45) is 23.0 Å². The van der Waals surface area contributed by atoms with Gasteiger partial charge in [-0.15, -0.1) is 0 Å². The first-order valence-corrected chi connectivity index (χ1v) is 13.6. The molecular formula is C30H41N3O7. The van der Waals surface area contributed by atoms with Crippen molar-refractivity contribution < 1.29 is 34.8 Å². The number of nitrogens with two attached hydrogens (primary N) is 1. The van der Waals surface area contributed by atoms with Gasteiger partial charge in [-0.1, -0.05) is 20.8 Å². The molecule has 0 radical (unpaired) electrons. The van der Waals surface area contributed by atoms with E-state index in [0.29, 0.717) is 17.5 Å². The van der Waals surface area contributed by atoms with E-state index in [0.717, 1.165) is 18.5 Å². The van der Waals surface area contributed by atoms with Gasteiger partial charge in [0.05, 0.1) is 11.6 Å². The summed E-state index contributed by atoms with van der Waals surface area (Å²) < 4.78 is 0. The van der Waals surface area contributed by atoms with Gasteiger partial charge in [0.1, 0.15) is 22.8 Å². The molecule has 0 aromatic heterocycles. The lowest BCUT2D eigenvalue weighted by Gasteiger charge is -2.50. The number of benzene rings is 1. The highest BCUT2D eigenvalue weighted by Gasteiger charge is 2.64. The second-order valence-electron chi connectivity index (χ2n) is 13.0. The fraction of sp³-hybridized carbons (Fsp3) is 0.567. The molecule has 3 aliphatic rings. The molecule has 10 nitrogen and oxygen atoms in total. The molecule has 1 fully saturated rings. The van der Waals surface area contributed by atoms with Crippen molar-refractivity contribution in [3.63, 3.8) is 0 Å². The summed E-state index contributed by atoms with van der Waals surface area (Å²) in [5, 5.41) is 45.7. The van der Waals surface area contributed by atoms with E-state index in [2.05, 4.69) is 20.8 Å². The molecule has 0 saturated heterocycles. The Balaban J connectivity index is 1.91. The second-order valence-corrected chi connectivity index (χ2v) is 13.0. The maximum absolute atomic E-state index is 14.1. The fourth-order valence-corrected chi connectivity index (χ4v) is 6.74. The van der Waals surface area contributed by atoms with Gasteiger partial charge in [-0.2, -0.15) is 0 Å². The van der Waals surface area contributed by atoms with Crippen molar-refractivity contribution in [3.8, 4) is 5.75 Å². The van der Waals surface area contributed by atoms with Crippen LogP contribution in [-0.2, 0) is 27.2 Å².